The number of nitrogens with zero attached hydrogens (tertiary/aromatic N) is 1. The summed E-state index contributed by atoms with van der Waals surface area (Å²) in [4.78, 5) is 16.0. The minimum atomic E-state index is -0.228. The van der Waals surface area contributed by atoms with Gasteiger partial charge in [0.05, 0.1) is 12.6 Å². The normalized spacial score (nSPS) is 12.5. The van der Waals surface area contributed by atoms with Crippen molar-refractivity contribution in [1.29, 1.82) is 0 Å². The molecule has 1 unspecified atom stereocenters. The van der Waals surface area contributed by atoms with Gasteiger partial charge in [-0.3, -0.25) is 4.79 Å². The van der Waals surface area contributed by atoms with Crippen LogP contribution in [0, 0.1) is 12.8 Å². The van der Waals surface area contributed by atoms with E-state index in [9.17, 15) is 9.90 Å². The lowest BCUT2D eigenvalue weighted by Gasteiger charge is -2.17. The van der Waals surface area contributed by atoms with E-state index in [0.717, 1.165) is 12.1 Å². The third-order valence-corrected chi connectivity index (χ3v) is 2.43. The standard InChI is InChI=1S/C13H20N2O2/c1-9(2)7-11(8-16)15-13(17)12-6-4-5-10(3)14-12/h4-6,9,11,16H,7-8H2,1-3H3,(H,15,17). The van der Waals surface area contributed by atoms with Gasteiger partial charge in [0.25, 0.3) is 5.91 Å². The summed E-state index contributed by atoms with van der Waals surface area (Å²) in [6.45, 7) is 5.91. The molecular formula is C13H20N2O2. The summed E-state index contributed by atoms with van der Waals surface area (Å²) in [6, 6.07) is 5.11. The summed E-state index contributed by atoms with van der Waals surface area (Å²) in [7, 11) is 0. The second kappa shape index (κ2) is 6.35. The summed E-state index contributed by atoms with van der Waals surface area (Å²) >= 11 is 0. The van der Waals surface area contributed by atoms with E-state index < -0.39 is 0 Å². The first-order valence-corrected chi connectivity index (χ1v) is 5.88. The van der Waals surface area contributed by atoms with Crippen LogP contribution in [0.25, 0.3) is 0 Å². The van der Waals surface area contributed by atoms with E-state index in [1.54, 1.807) is 12.1 Å². The molecular weight excluding hydrogens is 216 g/mol. The topological polar surface area (TPSA) is 62.2 Å². The highest BCUT2D eigenvalue weighted by molar-refractivity contribution is 5.92. The maximum Gasteiger partial charge on any atom is 0.270 e. The van der Waals surface area contributed by atoms with E-state index in [1.165, 1.54) is 0 Å². The van der Waals surface area contributed by atoms with Crippen molar-refractivity contribution >= 4 is 5.91 Å². The van der Waals surface area contributed by atoms with Crippen molar-refractivity contribution in [1.82, 2.24) is 10.3 Å². The predicted octanol–water partition coefficient (Wildman–Crippen LogP) is 1.53. The zero-order valence-corrected chi connectivity index (χ0v) is 10.6. The van der Waals surface area contributed by atoms with Crippen LogP contribution in [0.4, 0.5) is 0 Å². The molecule has 1 amide bonds. The van der Waals surface area contributed by atoms with E-state index in [1.807, 2.05) is 13.0 Å². The van der Waals surface area contributed by atoms with E-state index >= 15 is 0 Å². The molecule has 94 valence electrons. The van der Waals surface area contributed by atoms with Crippen molar-refractivity contribution in [2.75, 3.05) is 6.61 Å². The summed E-state index contributed by atoms with van der Waals surface area (Å²) in [5.41, 5.74) is 1.20. The molecule has 1 atom stereocenters. The number of aryl methyl sites for hydroxylation is 1. The number of aliphatic hydroxyl groups is 1. The number of amides is 1. The molecule has 0 saturated heterocycles. The molecule has 0 aliphatic rings. The number of carbonyl (C=O) groups is 1. The Hall–Kier alpha value is -1.42. The highest BCUT2D eigenvalue weighted by atomic mass is 16.3. The molecule has 1 aromatic rings. The Morgan fingerprint density at radius 2 is 2.18 bits per heavy atom. The van der Waals surface area contributed by atoms with Crippen molar-refractivity contribution in [3.05, 3.63) is 29.6 Å². The molecule has 0 saturated carbocycles. The van der Waals surface area contributed by atoms with Crippen LogP contribution in [0.1, 0.15) is 36.5 Å². The largest absolute Gasteiger partial charge is 0.394 e. The summed E-state index contributed by atoms with van der Waals surface area (Å²) in [6.07, 6.45) is 0.758. The smallest absolute Gasteiger partial charge is 0.270 e. The lowest BCUT2D eigenvalue weighted by molar-refractivity contribution is 0.0903. The Balaban J connectivity index is 2.64. The number of hydrogen-bond donors (Lipinski definition) is 2. The Morgan fingerprint density at radius 3 is 2.71 bits per heavy atom. The van der Waals surface area contributed by atoms with E-state index in [2.05, 4.69) is 24.1 Å². The van der Waals surface area contributed by atoms with Gasteiger partial charge in [0, 0.05) is 5.69 Å². The van der Waals surface area contributed by atoms with Gasteiger partial charge < -0.3 is 10.4 Å². The zero-order chi connectivity index (χ0) is 12.8. The average Bonchev–Trinajstić information content (AvgIpc) is 2.27. The van der Waals surface area contributed by atoms with Gasteiger partial charge in [0.2, 0.25) is 0 Å². The first-order chi connectivity index (χ1) is 8.02. The molecule has 0 aliphatic heterocycles. The van der Waals surface area contributed by atoms with Crippen LogP contribution >= 0.6 is 0 Å². The number of aliphatic hydroxyl groups excluding tert-OH is 1. The second-order valence-corrected chi connectivity index (χ2v) is 4.65. The molecule has 1 heterocycles. The molecule has 0 aromatic carbocycles. The summed E-state index contributed by atoms with van der Waals surface area (Å²) in [5, 5.41) is 12.0. The number of carbonyl (C=O) groups excluding carboxylic acids is 1. The lowest BCUT2D eigenvalue weighted by atomic mass is 10.0. The van der Waals surface area contributed by atoms with Crippen LogP contribution in [0.3, 0.4) is 0 Å². The summed E-state index contributed by atoms with van der Waals surface area (Å²) in [5.74, 6) is 0.200. The van der Waals surface area contributed by atoms with Gasteiger partial charge in [-0.1, -0.05) is 19.9 Å². The van der Waals surface area contributed by atoms with Crippen molar-refractivity contribution in [3.63, 3.8) is 0 Å². The van der Waals surface area contributed by atoms with Crippen LogP contribution in [0.15, 0.2) is 18.2 Å². The van der Waals surface area contributed by atoms with Gasteiger partial charge in [-0.2, -0.15) is 0 Å². The Bertz CT molecular complexity index is 377. The third-order valence-electron chi connectivity index (χ3n) is 2.43. The van der Waals surface area contributed by atoms with E-state index in [0.29, 0.717) is 11.6 Å². The van der Waals surface area contributed by atoms with Gasteiger partial charge in [-0.15, -0.1) is 0 Å². The van der Waals surface area contributed by atoms with Gasteiger partial charge in [0.15, 0.2) is 0 Å². The van der Waals surface area contributed by atoms with Crippen LogP contribution in [0.2, 0.25) is 0 Å². The molecule has 1 aromatic heterocycles. The third kappa shape index (κ3) is 4.53. The lowest BCUT2D eigenvalue weighted by Crippen LogP contribution is -2.38. The predicted molar refractivity (Wildman–Crippen MR) is 66.8 cm³/mol. The quantitative estimate of drug-likeness (QED) is 0.815. The van der Waals surface area contributed by atoms with Crippen molar-refractivity contribution in [3.8, 4) is 0 Å². The average molecular weight is 236 g/mol. The molecule has 0 radical (unpaired) electrons. The van der Waals surface area contributed by atoms with Crippen molar-refractivity contribution < 1.29 is 9.90 Å². The number of pyridine rings is 1. The maximum atomic E-state index is 11.9. The highest BCUT2D eigenvalue weighted by Gasteiger charge is 2.15. The molecule has 1 rings (SSSR count). The molecule has 0 bridgehead atoms. The molecule has 4 heteroatoms. The van der Waals surface area contributed by atoms with Gasteiger partial charge >= 0.3 is 0 Å². The number of hydrogen-bond acceptors (Lipinski definition) is 3. The Kier molecular flexibility index (Phi) is 5.10. The molecule has 17 heavy (non-hydrogen) atoms. The first kappa shape index (κ1) is 13.6. The van der Waals surface area contributed by atoms with Crippen LogP contribution in [0.5, 0.6) is 0 Å². The van der Waals surface area contributed by atoms with Gasteiger partial charge in [-0.05, 0) is 31.4 Å². The van der Waals surface area contributed by atoms with Crippen LogP contribution in [-0.4, -0.2) is 28.6 Å². The first-order valence-electron chi connectivity index (χ1n) is 5.88. The monoisotopic (exact) mass is 236 g/mol. The molecule has 0 fully saturated rings. The summed E-state index contributed by atoms with van der Waals surface area (Å²) < 4.78 is 0. The minimum Gasteiger partial charge on any atom is -0.394 e. The highest BCUT2D eigenvalue weighted by Crippen LogP contribution is 2.05. The fourth-order valence-electron chi connectivity index (χ4n) is 1.68. The number of rotatable bonds is 5. The molecule has 2 N–H and O–H groups in total. The fraction of sp³-hybridized carbons (Fsp3) is 0.538. The van der Waals surface area contributed by atoms with Crippen LogP contribution < -0.4 is 5.32 Å². The maximum absolute atomic E-state index is 11.9. The van der Waals surface area contributed by atoms with E-state index in [-0.39, 0.29) is 18.6 Å². The zero-order valence-electron chi connectivity index (χ0n) is 10.6. The molecule has 4 nitrogen and oxygen atoms in total. The molecule has 0 aliphatic carbocycles. The van der Waals surface area contributed by atoms with Crippen LogP contribution in [-0.2, 0) is 0 Å². The fourth-order valence-corrected chi connectivity index (χ4v) is 1.68. The number of nitrogens with one attached hydrogen (secondary N) is 1. The SMILES string of the molecule is Cc1cccc(C(=O)NC(CO)CC(C)C)n1. The Labute approximate surface area is 102 Å². The minimum absolute atomic E-state index is 0.0459. The number of aromatic nitrogens is 1. The van der Waals surface area contributed by atoms with Gasteiger partial charge in [0.1, 0.15) is 5.69 Å². The van der Waals surface area contributed by atoms with Crippen molar-refractivity contribution in [2.24, 2.45) is 5.92 Å². The van der Waals surface area contributed by atoms with E-state index in [4.69, 9.17) is 0 Å². The second-order valence-electron chi connectivity index (χ2n) is 4.65. The van der Waals surface area contributed by atoms with Gasteiger partial charge in [-0.25, -0.2) is 4.98 Å². The molecule has 0 spiro atoms. The van der Waals surface area contributed by atoms with Crippen molar-refractivity contribution in [2.45, 2.75) is 33.2 Å². The Morgan fingerprint density at radius 1 is 1.47 bits per heavy atom.